The topological polar surface area (TPSA) is 80.5 Å². The average Bonchev–Trinajstić information content (AvgIpc) is 2.93. The molecule has 6 heteroatoms. The van der Waals surface area contributed by atoms with Gasteiger partial charge in [-0.15, -0.1) is 0 Å². The van der Waals surface area contributed by atoms with Crippen molar-refractivity contribution in [3.05, 3.63) is 29.8 Å². The van der Waals surface area contributed by atoms with E-state index >= 15 is 0 Å². The lowest BCUT2D eigenvalue weighted by Crippen LogP contribution is -2.28. The minimum Gasteiger partial charge on any atom is -0.342 e. The smallest absolute Gasteiger partial charge is 0.238 e. The monoisotopic (exact) mass is 310 g/mol. The number of sulfonamides is 1. The van der Waals surface area contributed by atoms with Gasteiger partial charge in [-0.2, -0.15) is 0 Å². The Kier molecular flexibility index (Phi) is 5.00. The molecule has 5 nitrogen and oxygen atoms in total. The average molecular weight is 310 g/mol. The van der Waals surface area contributed by atoms with Crippen LogP contribution in [-0.2, 0) is 21.2 Å². The van der Waals surface area contributed by atoms with Gasteiger partial charge in [-0.25, -0.2) is 13.6 Å². The summed E-state index contributed by atoms with van der Waals surface area (Å²) in [7, 11) is -3.65. The first-order chi connectivity index (χ1) is 9.90. The van der Waals surface area contributed by atoms with Crippen molar-refractivity contribution in [1.82, 2.24) is 4.90 Å². The zero-order chi connectivity index (χ0) is 15.5. The minimum absolute atomic E-state index is 0.0999. The van der Waals surface area contributed by atoms with E-state index in [2.05, 4.69) is 6.92 Å². The Morgan fingerprint density at radius 3 is 2.52 bits per heavy atom. The highest BCUT2D eigenvalue weighted by Crippen LogP contribution is 2.20. The van der Waals surface area contributed by atoms with Crippen LogP contribution in [0.4, 0.5) is 0 Å². The zero-order valence-electron chi connectivity index (χ0n) is 12.3. The van der Waals surface area contributed by atoms with Gasteiger partial charge in [-0.05, 0) is 36.5 Å². The number of hydrogen-bond acceptors (Lipinski definition) is 3. The largest absolute Gasteiger partial charge is 0.342 e. The number of nitrogens with zero attached hydrogens (tertiary/aromatic N) is 1. The molecule has 0 radical (unpaired) electrons. The maximum Gasteiger partial charge on any atom is 0.238 e. The molecule has 1 aromatic rings. The molecule has 1 unspecified atom stereocenters. The van der Waals surface area contributed by atoms with Crippen molar-refractivity contribution in [2.45, 2.75) is 37.5 Å². The van der Waals surface area contributed by atoms with E-state index in [0.29, 0.717) is 18.8 Å². The standard InChI is InChI=1S/C15H22N2O3S/c1-2-12-9-10-17(11-12)15(18)8-5-13-3-6-14(7-4-13)21(16,19)20/h3-4,6-7,12H,2,5,8-11H2,1H3,(H2,16,19,20). The summed E-state index contributed by atoms with van der Waals surface area (Å²) in [6.07, 6.45) is 3.31. The van der Waals surface area contributed by atoms with Crippen molar-refractivity contribution in [2.75, 3.05) is 13.1 Å². The van der Waals surface area contributed by atoms with Gasteiger partial charge in [-0.3, -0.25) is 4.79 Å². The second kappa shape index (κ2) is 6.58. The fourth-order valence-corrected chi connectivity index (χ4v) is 3.16. The number of hydrogen-bond donors (Lipinski definition) is 1. The van der Waals surface area contributed by atoms with E-state index in [0.717, 1.165) is 31.5 Å². The molecule has 2 N–H and O–H groups in total. The zero-order valence-corrected chi connectivity index (χ0v) is 13.1. The predicted octanol–water partition coefficient (Wildman–Crippen LogP) is 1.53. The summed E-state index contributed by atoms with van der Waals surface area (Å²) >= 11 is 0. The SMILES string of the molecule is CCC1CCN(C(=O)CCc2ccc(S(N)(=O)=O)cc2)C1. The molecule has 0 aromatic heterocycles. The van der Waals surface area contributed by atoms with Gasteiger partial charge in [0.1, 0.15) is 0 Å². The first-order valence-electron chi connectivity index (χ1n) is 7.29. The van der Waals surface area contributed by atoms with Crippen molar-refractivity contribution in [2.24, 2.45) is 11.1 Å². The maximum atomic E-state index is 12.1. The van der Waals surface area contributed by atoms with Gasteiger partial charge >= 0.3 is 0 Å². The van der Waals surface area contributed by atoms with Crippen LogP contribution in [0.25, 0.3) is 0 Å². The highest BCUT2D eigenvalue weighted by atomic mass is 32.2. The Balaban J connectivity index is 1.87. The minimum atomic E-state index is -3.65. The van der Waals surface area contributed by atoms with Crippen LogP contribution < -0.4 is 5.14 Å². The van der Waals surface area contributed by atoms with E-state index < -0.39 is 10.0 Å². The fourth-order valence-electron chi connectivity index (χ4n) is 2.65. The van der Waals surface area contributed by atoms with Crippen LogP contribution in [0.15, 0.2) is 29.2 Å². The molecule has 1 amide bonds. The summed E-state index contributed by atoms with van der Waals surface area (Å²) in [4.78, 5) is 14.2. The van der Waals surface area contributed by atoms with E-state index in [1.165, 1.54) is 12.1 Å². The van der Waals surface area contributed by atoms with Crippen LogP contribution in [0.3, 0.4) is 0 Å². The van der Waals surface area contributed by atoms with Gasteiger partial charge in [0.2, 0.25) is 15.9 Å². The maximum absolute atomic E-state index is 12.1. The van der Waals surface area contributed by atoms with Gasteiger partial charge in [0, 0.05) is 19.5 Å². The molecule has 1 atom stereocenters. The molecular weight excluding hydrogens is 288 g/mol. The lowest BCUT2D eigenvalue weighted by Gasteiger charge is -2.16. The molecule has 2 rings (SSSR count). The van der Waals surface area contributed by atoms with Crippen molar-refractivity contribution in [1.29, 1.82) is 0 Å². The van der Waals surface area contributed by atoms with Gasteiger partial charge in [0.25, 0.3) is 0 Å². The summed E-state index contributed by atoms with van der Waals surface area (Å²) in [5.74, 6) is 0.824. The van der Waals surface area contributed by atoms with Crippen molar-refractivity contribution in [3.63, 3.8) is 0 Å². The molecule has 0 saturated carbocycles. The molecule has 116 valence electrons. The molecule has 1 aliphatic heterocycles. The van der Waals surface area contributed by atoms with Crippen molar-refractivity contribution < 1.29 is 13.2 Å². The first kappa shape index (κ1) is 16.0. The first-order valence-corrected chi connectivity index (χ1v) is 8.84. The molecule has 1 fully saturated rings. The molecule has 1 saturated heterocycles. The number of nitrogens with two attached hydrogens (primary N) is 1. The number of carbonyl (C=O) groups excluding carboxylic acids is 1. The molecule has 21 heavy (non-hydrogen) atoms. The number of primary sulfonamides is 1. The van der Waals surface area contributed by atoms with E-state index in [-0.39, 0.29) is 10.8 Å². The Morgan fingerprint density at radius 1 is 1.33 bits per heavy atom. The number of benzene rings is 1. The third kappa shape index (κ3) is 4.28. The van der Waals surface area contributed by atoms with Crippen LogP contribution in [-0.4, -0.2) is 32.3 Å². The van der Waals surface area contributed by atoms with Crippen LogP contribution >= 0.6 is 0 Å². The number of rotatable bonds is 5. The highest BCUT2D eigenvalue weighted by molar-refractivity contribution is 7.89. The van der Waals surface area contributed by atoms with Gasteiger partial charge in [-0.1, -0.05) is 25.5 Å². The van der Waals surface area contributed by atoms with E-state index in [4.69, 9.17) is 5.14 Å². The Hall–Kier alpha value is -1.40. The predicted molar refractivity (Wildman–Crippen MR) is 81.1 cm³/mol. The van der Waals surface area contributed by atoms with Crippen molar-refractivity contribution >= 4 is 15.9 Å². The number of amides is 1. The number of carbonyl (C=O) groups is 1. The Labute approximate surface area is 126 Å². The summed E-state index contributed by atoms with van der Waals surface area (Å²) in [6, 6.07) is 6.40. The Bertz CT molecular complexity index is 596. The lowest BCUT2D eigenvalue weighted by atomic mass is 10.1. The van der Waals surface area contributed by atoms with Gasteiger partial charge in [0.15, 0.2) is 0 Å². The third-order valence-corrected chi connectivity index (χ3v) is 5.02. The normalized spacial score (nSPS) is 19.0. The molecular formula is C15H22N2O3S. The van der Waals surface area contributed by atoms with Crippen LogP contribution in [0.1, 0.15) is 31.7 Å². The quantitative estimate of drug-likeness (QED) is 0.895. The summed E-state index contributed by atoms with van der Waals surface area (Å²) in [5, 5.41) is 5.05. The van der Waals surface area contributed by atoms with Gasteiger partial charge in [0.05, 0.1) is 4.90 Å². The Morgan fingerprint density at radius 2 is 2.00 bits per heavy atom. The van der Waals surface area contributed by atoms with Gasteiger partial charge < -0.3 is 4.90 Å². The molecule has 1 aliphatic rings. The fraction of sp³-hybridized carbons (Fsp3) is 0.533. The van der Waals surface area contributed by atoms with Crippen molar-refractivity contribution in [3.8, 4) is 0 Å². The van der Waals surface area contributed by atoms with Crippen LogP contribution in [0.5, 0.6) is 0 Å². The third-order valence-electron chi connectivity index (χ3n) is 4.10. The molecule has 1 aromatic carbocycles. The summed E-state index contributed by atoms with van der Waals surface area (Å²) in [5.41, 5.74) is 0.946. The molecule has 1 heterocycles. The highest BCUT2D eigenvalue weighted by Gasteiger charge is 2.24. The second-order valence-electron chi connectivity index (χ2n) is 5.59. The molecule has 0 aliphatic carbocycles. The molecule has 0 bridgehead atoms. The van der Waals surface area contributed by atoms with E-state index in [1.54, 1.807) is 12.1 Å². The second-order valence-corrected chi connectivity index (χ2v) is 7.15. The summed E-state index contributed by atoms with van der Waals surface area (Å²) < 4.78 is 22.3. The van der Waals surface area contributed by atoms with Crippen LogP contribution in [0, 0.1) is 5.92 Å². The summed E-state index contributed by atoms with van der Waals surface area (Å²) in [6.45, 7) is 3.90. The number of likely N-dealkylation sites (tertiary alicyclic amines) is 1. The molecule has 0 spiro atoms. The lowest BCUT2D eigenvalue weighted by molar-refractivity contribution is -0.130. The van der Waals surface area contributed by atoms with E-state index in [9.17, 15) is 13.2 Å². The van der Waals surface area contributed by atoms with Crippen LogP contribution in [0.2, 0.25) is 0 Å². The van der Waals surface area contributed by atoms with E-state index in [1.807, 2.05) is 4.90 Å². The number of aryl methyl sites for hydroxylation is 1.